The van der Waals surface area contributed by atoms with Gasteiger partial charge in [0.1, 0.15) is 0 Å². The first-order valence-corrected chi connectivity index (χ1v) is 20.8. The molecule has 2 aromatic heterocycles. The van der Waals surface area contributed by atoms with E-state index in [-0.39, 0.29) is 35.1 Å². The van der Waals surface area contributed by atoms with Gasteiger partial charge in [0.25, 0.3) is 0 Å². The highest BCUT2D eigenvalue weighted by molar-refractivity contribution is 7.89. The Morgan fingerprint density at radius 2 is 1.65 bits per heavy atom. The quantitative estimate of drug-likeness (QED) is 0.249. The SMILES string of the molecule is Cn1nc(N2CCC(=O)NC2=O)c2ccc(C3CCN(CC4CCN(c5cccc(S(=O)(=O)N6CCC(Nc7ncc(Cl)cn7)CC6)c5)C(=O)C4)CC3)cc21. The molecule has 0 aliphatic carbocycles. The number of hydrogen-bond acceptors (Lipinski definition) is 10. The average molecular weight is 789 g/mol. The van der Waals surface area contributed by atoms with Crippen molar-refractivity contribution < 1.29 is 22.8 Å². The summed E-state index contributed by atoms with van der Waals surface area (Å²) < 4.78 is 30.7. The molecule has 0 spiro atoms. The summed E-state index contributed by atoms with van der Waals surface area (Å²) in [6, 6.07) is 12.7. The van der Waals surface area contributed by atoms with Crippen molar-refractivity contribution in [1.82, 2.24) is 34.3 Å². The van der Waals surface area contributed by atoms with E-state index in [9.17, 15) is 22.8 Å². The number of rotatable bonds is 9. The number of aromatic nitrogens is 4. The molecule has 1 atom stereocenters. The van der Waals surface area contributed by atoms with Gasteiger partial charge in [0.05, 0.1) is 27.8 Å². The number of nitrogens with zero attached hydrogens (tertiary/aromatic N) is 8. The van der Waals surface area contributed by atoms with E-state index in [1.165, 1.54) is 27.2 Å². The Balaban J connectivity index is 0.827. The first-order chi connectivity index (χ1) is 26.5. The second-order valence-electron chi connectivity index (χ2n) is 15.0. The van der Waals surface area contributed by atoms with Gasteiger partial charge in [0.2, 0.25) is 27.8 Å². The van der Waals surface area contributed by atoms with Crippen LogP contribution in [0.5, 0.6) is 0 Å². The molecule has 4 fully saturated rings. The highest BCUT2D eigenvalue weighted by atomic mass is 35.5. The molecule has 4 aromatic rings. The summed E-state index contributed by atoms with van der Waals surface area (Å²) >= 11 is 5.88. The monoisotopic (exact) mass is 788 g/mol. The van der Waals surface area contributed by atoms with Gasteiger partial charge in [-0.2, -0.15) is 9.40 Å². The fourth-order valence-corrected chi connectivity index (χ4v) is 9.99. The number of urea groups is 1. The fourth-order valence-electron chi connectivity index (χ4n) is 8.38. The molecule has 0 saturated carbocycles. The van der Waals surface area contributed by atoms with Crippen LogP contribution in [0, 0.1) is 5.92 Å². The molecule has 4 aliphatic heterocycles. The Bertz CT molecular complexity index is 2200. The lowest BCUT2D eigenvalue weighted by Gasteiger charge is -2.37. The van der Waals surface area contributed by atoms with Crippen molar-refractivity contribution in [2.24, 2.45) is 13.0 Å². The van der Waals surface area contributed by atoms with Crippen LogP contribution in [0.3, 0.4) is 0 Å². The van der Waals surface area contributed by atoms with Crippen LogP contribution in [-0.2, 0) is 26.7 Å². The smallest absolute Gasteiger partial charge is 0.329 e. The average Bonchev–Trinajstić information content (AvgIpc) is 3.51. The molecule has 17 heteroatoms. The fraction of sp³-hybridized carbons (Fsp3) is 0.474. The highest BCUT2D eigenvalue weighted by Crippen LogP contribution is 2.35. The second kappa shape index (κ2) is 15.5. The topological polar surface area (TPSA) is 166 Å². The zero-order valence-corrected chi connectivity index (χ0v) is 32.3. The van der Waals surface area contributed by atoms with Gasteiger partial charge in [-0.1, -0.05) is 23.7 Å². The number of halogens is 1. The van der Waals surface area contributed by atoms with Crippen LogP contribution in [-0.4, -0.2) is 107 Å². The molecule has 1 unspecified atom stereocenters. The van der Waals surface area contributed by atoms with Gasteiger partial charge in [0.15, 0.2) is 5.82 Å². The number of anilines is 3. The van der Waals surface area contributed by atoms with E-state index in [1.807, 2.05) is 19.2 Å². The molecule has 8 rings (SSSR count). The normalized spacial score (nSPS) is 21.3. The van der Waals surface area contributed by atoms with Crippen molar-refractivity contribution in [3.63, 3.8) is 0 Å². The summed E-state index contributed by atoms with van der Waals surface area (Å²) in [5.41, 5.74) is 2.82. The van der Waals surface area contributed by atoms with Crippen LogP contribution >= 0.6 is 11.6 Å². The number of likely N-dealkylation sites (tertiary alicyclic amines) is 1. The van der Waals surface area contributed by atoms with E-state index in [2.05, 4.69) is 42.7 Å². The summed E-state index contributed by atoms with van der Waals surface area (Å²) in [5, 5.41) is 11.6. The van der Waals surface area contributed by atoms with Gasteiger partial charge in [-0.15, -0.1) is 0 Å². The Hall–Kier alpha value is -4.64. The van der Waals surface area contributed by atoms with Crippen LogP contribution in [0.1, 0.15) is 56.4 Å². The molecule has 4 saturated heterocycles. The van der Waals surface area contributed by atoms with Crippen molar-refractivity contribution in [2.45, 2.75) is 61.8 Å². The highest BCUT2D eigenvalue weighted by Gasteiger charge is 2.33. The summed E-state index contributed by atoms with van der Waals surface area (Å²) in [6.07, 6.45) is 7.82. The van der Waals surface area contributed by atoms with Crippen LogP contribution in [0.25, 0.3) is 10.9 Å². The summed E-state index contributed by atoms with van der Waals surface area (Å²) in [4.78, 5) is 51.9. The Kier molecular flexibility index (Phi) is 10.5. The number of piperidine rings is 3. The van der Waals surface area contributed by atoms with Crippen LogP contribution in [0.15, 0.2) is 59.8 Å². The largest absolute Gasteiger partial charge is 0.351 e. The van der Waals surface area contributed by atoms with Gasteiger partial charge in [-0.25, -0.2) is 23.2 Å². The Morgan fingerprint density at radius 3 is 2.38 bits per heavy atom. The lowest BCUT2D eigenvalue weighted by atomic mass is 9.87. The molecule has 4 amide bonds. The van der Waals surface area contributed by atoms with Gasteiger partial charge >= 0.3 is 6.03 Å². The molecule has 0 bridgehead atoms. The molecule has 2 aromatic carbocycles. The van der Waals surface area contributed by atoms with Gasteiger partial charge in [-0.3, -0.25) is 24.5 Å². The summed E-state index contributed by atoms with van der Waals surface area (Å²) in [7, 11) is -1.86. The van der Waals surface area contributed by atoms with E-state index in [0.717, 1.165) is 49.8 Å². The van der Waals surface area contributed by atoms with Crippen LogP contribution in [0.4, 0.5) is 22.2 Å². The Labute approximate surface area is 325 Å². The third kappa shape index (κ3) is 7.90. The van der Waals surface area contributed by atoms with E-state index >= 15 is 0 Å². The number of carbonyl (C=O) groups excluding carboxylic acids is 3. The number of sulfonamides is 1. The second-order valence-corrected chi connectivity index (χ2v) is 17.4. The van der Waals surface area contributed by atoms with Crippen molar-refractivity contribution in [1.29, 1.82) is 0 Å². The van der Waals surface area contributed by atoms with Crippen molar-refractivity contribution >= 4 is 67.8 Å². The van der Waals surface area contributed by atoms with Crippen molar-refractivity contribution in [3.05, 3.63) is 65.4 Å². The minimum atomic E-state index is -3.74. The van der Waals surface area contributed by atoms with Crippen molar-refractivity contribution in [3.8, 4) is 0 Å². The zero-order valence-electron chi connectivity index (χ0n) is 30.7. The lowest BCUT2D eigenvalue weighted by Crippen LogP contribution is -2.49. The first kappa shape index (κ1) is 37.3. The first-order valence-electron chi connectivity index (χ1n) is 19.0. The van der Waals surface area contributed by atoms with Crippen LogP contribution < -0.4 is 20.4 Å². The predicted octanol–water partition coefficient (Wildman–Crippen LogP) is 4.35. The third-order valence-corrected chi connectivity index (χ3v) is 13.5. The number of benzene rings is 2. The molecule has 290 valence electrons. The standard InChI is InChI=1S/C38H45ClN10O5S/c1-45-33-20-27(5-6-32(33)36(44-45)49-18-12-34(50)43-38(49)52)26-8-13-46(14-9-26)24-25-7-17-48(35(51)19-25)30-3-2-4-31(21-30)55(53,54)47-15-10-29(11-16-47)42-37-40-22-28(39)23-41-37/h2-6,20-23,25-26,29H,7-19,24H2,1H3,(H,40,41,42)(H,43,50,52). The number of hydrogen-bond donors (Lipinski definition) is 2. The minimum absolute atomic E-state index is 0.0227. The van der Waals surface area contributed by atoms with E-state index in [1.54, 1.807) is 27.8 Å². The van der Waals surface area contributed by atoms with E-state index in [0.29, 0.717) is 73.8 Å². The van der Waals surface area contributed by atoms with Gasteiger partial charge in [0, 0.05) is 69.7 Å². The number of carbonyl (C=O) groups is 3. The maximum atomic E-state index is 13.7. The predicted molar refractivity (Wildman–Crippen MR) is 209 cm³/mol. The summed E-state index contributed by atoms with van der Waals surface area (Å²) in [5.74, 6) is 1.42. The van der Waals surface area contributed by atoms with Crippen molar-refractivity contribution in [2.75, 3.05) is 60.9 Å². The number of fused-ring (bicyclic) bond motifs is 1. The lowest BCUT2D eigenvalue weighted by molar-refractivity contribution is -0.121. The van der Waals surface area contributed by atoms with Gasteiger partial charge < -0.3 is 15.1 Å². The number of amides is 4. The molecule has 55 heavy (non-hydrogen) atoms. The molecule has 4 aliphatic rings. The molecule has 15 nitrogen and oxygen atoms in total. The van der Waals surface area contributed by atoms with Gasteiger partial charge in [-0.05, 0) is 92.9 Å². The molecule has 6 heterocycles. The maximum Gasteiger partial charge on any atom is 0.329 e. The molecule has 0 radical (unpaired) electrons. The third-order valence-electron chi connectivity index (χ3n) is 11.4. The number of imide groups is 1. The molecular formula is C38H45ClN10O5S. The molecular weight excluding hydrogens is 744 g/mol. The summed E-state index contributed by atoms with van der Waals surface area (Å²) in [6.45, 7) is 4.34. The molecule has 2 N–H and O–H groups in total. The Morgan fingerprint density at radius 1 is 0.891 bits per heavy atom. The van der Waals surface area contributed by atoms with Crippen LogP contribution in [0.2, 0.25) is 5.02 Å². The number of aryl methyl sites for hydroxylation is 1. The zero-order chi connectivity index (χ0) is 38.3. The maximum absolute atomic E-state index is 13.7. The minimum Gasteiger partial charge on any atom is -0.351 e. The van der Waals surface area contributed by atoms with E-state index in [4.69, 9.17) is 11.6 Å². The number of nitrogens with one attached hydrogen (secondary N) is 2. The van der Waals surface area contributed by atoms with E-state index < -0.39 is 16.1 Å².